The Morgan fingerprint density at radius 2 is 1.69 bits per heavy atom. The molecule has 3 fully saturated rings. The summed E-state index contributed by atoms with van der Waals surface area (Å²) in [5.74, 6) is 4.38. The van der Waals surface area contributed by atoms with E-state index >= 15 is 0 Å². The first-order chi connectivity index (χ1) is 6.38. The molecule has 0 aromatic heterocycles. The van der Waals surface area contributed by atoms with Crippen LogP contribution in [0.2, 0.25) is 0 Å². The smallest absolute Gasteiger partial charge is 0.0121 e. The lowest BCUT2D eigenvalue weighted by Crippen LogP contribution is -2.42. The van der Waals surface area contributed by atoms with Crippen LogP contribution in [0.4, 0.5) is 0 Å². The van der Waals surface area contributed by atoms with Crippen LogP contribution in [0.5, 0.6) is 0 Å². The van der Waals surface area contributed by atoms with Gasteiger partial charge in [0.15, 0.2) is 0 Å². The van der Waals surface area contributed by atoms with Crippen molar-refractivity contribution in [3.8, 4) is 0 Å². The molecule has 1 heteroatoms. The van der Waals surface area contributed by atoms with Crippen molar-refractivity contribution in [2.24, 2.45) is 23.7 Å². The van der Waals surface area contributed by atoms with Crippen molar-refractivity contribution in [1.82, 2.24) is 5.32 Å². The summed E-state index contributed by atoms with van der Waals surface area (Å²) < 4.78 is 0. The Balaban J connectivity index is 1.60. The Labute approximate surface area is 81.3 Å². The fraction of sp³-hybridized carbons (Fsp3) is 1.00. The SMILES string of the molecule is CNC(C1CCC1)C1CC2CC2C1. The molecule has 0 heterocycles. The molecule has 3 atom stereocenters. The van der Waals surface area contributed by atoms with Crippen molar-refractivity contribution in [2.75, 3.05) is 7.05 Å². The van der Waals surface area contributed by atoms with Crippen molar-refractivity contribution >= 4 is 0 Å². The summed E-state index contributed by atoms with van der Waals surface area (Å²) in [6.07, 6.45) is 9.15. The van der Waals surface area contributed by atoms with Gasteiger partial charge < -0.3 is 5.32 Å². The Kier molecular flexibility index (Phi) is 1.90. The molecule has 74 valence electrons. The van der Waals surface area contributed by atoms with Crippen molar-refractivity contribution in [3.63, 3.8) is 0 Å². The highest BCUT2D eigenvalue weighted by atomic mass is 14.9. The molecule has 3 aliphatic carbocycles. The molecule has 1 nitrogen and oxygen atoms in total. The van der Waals surface area contributed by atoms with E-state index < -0.39 is 0 Å². The van der Waals surface area contributed by atoms with Crippen LogP contribution in [0, 0.1) is 23.7 Å². The van der Waals surface area contributed by atoms with E-state index in [1.165, 1.54) is 19.3 Å². The average Bonchev–Trinajstić information content (AvgIpc) is 2.66. The summed E-state index contributed by atoms with van der Waals surface area (Å²) in [6.45, 7) is 0. The molecule has 1 N–H and O–H groups in total. The van der Waals surface area contributed by atoms with Crippen LogP contribution in [0.25, 0.3) is 0 Å². The van der Waals surface area contributed by atoms with Gasteiger partial charge in [0.25, 0.3) is 0 Å². The fourth-order valence-electron chi connectivity index (χ4n) is 3.71. The molecule has 3 rings (SSSR count). The molecular weight excluding hydrogens is 158 g/mol. The zero-order chi connectivity index (χ0) is 8.84. The van der Waals surface area contributed by atoms with Gasteiger partial charge in [-0.3, -0.25) is 0 Å². The third-order valence-electron chi connectivity index (χ3n) is 4.78. The van der Waals surface area contributed by atoms with Crippen molar-refractivity contribution < 1.29 is 0 Å². The predicted octanol–water partition coefficient (Wildman–Crippen LogP) is 2.42. The highest BCUT2D eigenvalue weighted by molar-refractivity contribution is 5.01. The van der Waals surface area contributed by atoms with Gasteiger partial charge in [-0.15, -0.1) is 0 Å². The molecule has 3 aliphatic rings. The van der Waals surface area contributed by atoms with Gasteiger partial charge in [0, 0.05) is 6.04 Å². The van der Waals surface area contributed by atoms with Crippen LogP contribution in [-0.2, 0) is 0 Å². The molecule has 0 radical (unpaired) electrons. The van der Waals surface area contributed by atoms with E-state index in [-0.39, 0.29) is 0 Å². The molecule has 0 spiro atoms. The van der Waals surface area contributed by atoms with Gasteiger partial charge in [0.1, 0.15) is 0 Å². The molecular formula is C12H21N. The zero-order valence-corrected chi connectivity index (χ0v) is 8.63. The fourth-order valence-corrected chi connectivity index (χ4v) is 3.71. The van der Waals surface area contributed by atoms with E-state index in [0.717, 1.165) is 29.7 Å². The first-order valence-corrected chi connectivity index (χ1v) is 6.05. The van der Waals surface area contributed by atoms with Gasteiger partial charge in [0.05, 0.1) is 0 Å². The first-order valence-electron chi connectivity index (χ1n) is 6.05. The Hall–Kier alpha value is -0.0400. The molecule has 0 aromatic rings. The summed E-state index contributed by atoms with van der Waals surface area (Å²) >= 11 is 0. The van der Waals surface area contributed by atoms with Crippen LogP contribution in [0.15, 0.2) is 0 Å². The number of hydrogen-bond acceptors (Lipinski definition) is 1. The Morgan fingerprint density at radius 1 is 1.00 bits per heavy atom. The molecule has 0 aromatic carbocycles. The largest absolute Gasteiger partial charge is 0.316 e. The van der Waals surface area contributed by atoms with E-state index in [4.69, 9.17) is 0 Å². The standard InChI is InChI=1S/C12H21N/c1-13-12(8-3-2-4-8)11-6-9-5-10(9)7-11/h8-13H,2-7H2,1H3. The van der Waals surface area contributed by atoms with Crippen molar-refractivity contribution in [1.29, 1.82) is 0 Å². The second kappa shape index (κ2) is 2.98. The molecule has 0 aliphatic heterocycles. The van der Waals surface area contributed by atoms with Crippen LogP contribution in [0.3, 0.4) is 0 Å². The maximum atomic E-state index is 3.59. The number of fused-ring (bicyclic) bond motifs is 1. The molecule has 13 heavy (non-hydrogen) atoms. The number of nitrogens with one attached hydrogen (secondary N) is 1. The van der Waals surface area contributed by atoms with Gasteiger partial charge in [-0.1, -0.05) is 6.42 Å². The molecule has 0 amide bonds. The zero-order valence-electron chi connectivity index (χ0n) is 8.63. The van der Waals surface area contributed by atoms with E-state index in [1.54, 1.807) is 19.3 Å². The first kappa shape index (κ1) is 8.28. The van der Waals surface area contributed by atoms with Crippen LogP contribution in [-0.4, -0.2) is 13.1 Å². The maximum absolute atomic E-state index is 3.59. The van der Waals surface area contributed by atoms with Crippen molar-refractivity contribution in [2.45, 2.75) is 44.6 Å². The third-order valence-corrected chi connectivity index (χ3v) is 4.78. The van der Waals surface area contributed by atoms with Gasteiger partial charge in [-0.05, 0) is 62.8 Å². The average molecular weight is 179 g/mol. The minimum absolute atomic E-state index is 0.876. The lowest BCUT2D eigenvalue weighted by atomic mass is 9.74. The highest BCUT2D eigenvalue weighted by Gasteiger charge is 2.49. The van der Waals surface area contributed by atoms with Crippen molar-refractivity contribution in [3.05, 3.63) is 0 Å². The van der Waals surface area contributed by atoms with Gasteiger partial charge in [0.2, 0.25) is 0 Å². The molecule has 3 saturated carbocycles. The van der Waals surface area contributed by atoms with Gasteiger partial charge in [-0.25, -0.2) is 0 Å². The van der Waals surface area contributed by atoms with Crippen LogP contribution >= 0.6 is 0 Å². The second-order valence-corrected chi connectivity index (χ2v) is 5.49. The lowest BCUT2D eigenvalue weighted by Gasteiger charge is -2.37. The maximum Gasteiger partial charge on any atom is 0.0121 e. The van der Waals surface area contributed by atoms with E-state index in [1.807, 2.05) is 0 Å². The molecule has 0 saturated heterocycles. The summed E-state index contributed by atoms with van der Waals surface area (Å²) in [5.41, 5.74) is 0. The van der Waals surface area contributed by atoms with Crippen LogP contribution in [0.1, 0.15) is 38.5 Å². The van der Waals surface area contributed by atoms with E-state index in [9.17, 15) is 0 Å². The summed E-state index contributed by atoms with van der Waals surface area (Å²) in [7, 11) is 2.17. The van der Waals surface area contributed by atoms with Crippen LogP contribution < -0.4 is 5.32 Å². The molecule has 0 bridgehead atoms. The lowest BCUT2D eigenvalue weighted by molar-refractivity contribution is 0.175. The minimum atomic E-state index is 0.876. The highest BCUT2D eigenvalue weighted by Crippen LogP contribution is 2.56. The Bertz CT molecular complexity index is 187. The minimum Gasteiger partial charge on any atom is -0.316 e. The molecule has 3 unspecified atom stereocenters. The topological polar surface area (TPSA) is 12.0 Å². The van der Waals surface area contributed by atoms with E-state index in [2.05, 4.69) is 12.4 Å². The summed E-state index contributed by atoms with van der Waals surface area (Å²) in [5, 5.41) is 3.59. The predicted molar refractivity (Wildman–Crippen MR) is 54.5 cm³/mol. The summed E-state index contributed by atoms with van der Waals surface area (Å²) in [4.78, 5) is 0. The monoisotopic (exact) mass is 179 g/mol. The quantitative estimate of drug-likeness (QED) is 0.701. The Morgan fingerprint density at radius 3 is 2.15 bits per heavy atom. The number of rotatable bonds is 3. The second-order valence-electron chi connectivity index (χ2n) is 5.49. The normalized spacial score (nSPS) is 45.5. The summed E-state index contributed by atoms with van der Waals surface area (Å²) in [6, 6.07) is 0.876. The van der Waals surface area contributed by atoms with E-state index in [0.29, 0.717) is 0 Å². The van der Waals surface area contributed by atoms with Gasteiger partial charge in [-0.2, -0.15) is 0 Å². The van der Waals surface area contributed by atoms with Gasteiger partial charge >= 0.3 is 0 Å². The third kappa shape index (κ3) is 1.32. The number of hydrogen-bond donors (Lipinski definition) is 1.